The van der Waals surface area contributed by atoms with Crippen molar-refractivity contribution >= 4 is 11.6 Å². The number of likely N-dealkylation sites (tertiary alicyclic amines) is 1. The SMILES string of the molecule is COc1ccc([C@H]2CCCN2C(=O)Cc2ccccc2[N+](=O)[O-])cc1. The molecule has 3 rings (SSSR count). The first-order valence-corrected chi connectivity index (χ1v) is 8.26. The Hall–Kier alpha value is -2.89. The lowest BCUT2D eigenvalue weighted by molar-refractivity contribution is -0.385. The average molecular weight is 340 g/mol. The first-order valence-electron chi connectivity index (χ1n) is 8.26. The number of benzene rings is 2. The van der Waals surface area contributed by atoms with Gasteiger partial charge < -0.3 is 9.64 Å². The second kappa shape index (κ2) is 7.34. The van der Waals surface area contributed by atoms with Crippen LogP contribution in [0.15, 0.2) is 48.5 Å². The topological polar surface area (TPSA) is 72.7 Å². The summed E-state index contributed by atoms with van der Waals surface area (Å²) in [7, 11) is 1.62. The van der Waals surface area contributed by atoms with E-state index >= 15 is 0 Å². The summed E-state index contributed by atoms with van der Waals surface area (Å²) >= 11 is 0. The molecule has 0 spiro atoms. The molecular formula is C19H20N2O4. The average Bonchev–Trinajstić information content (AvgIpc) is 3.12. The van der Waals surface area contributed by atoms with E-state index in [1.54, 1.807) is 25.3 Å². The molecule has 25 heavy (non-hydrogen) atoms. The summed E-state index contributed by atoms with van der Waals surface area (Å²) in [6.45, 7) is 0.677. The Bertz CT molecular complexity index is 773. The Labute approximate surface area is 146 Å². The third-order valence-electron chi connectivity index (χ3n) is 4.60. The molecule has 0 aromatic heterocycles. The van der Waals surface area contributed by atoms with E-state index in [9.17, 15) is 14.9 Å². The Balaban J connectivity index is 1.78. The molecule has 6 heteroatoms. The van der Waals surface area contributed by atoms with E-state index < -0.39 is 4.92 Å². The van der Waals surface area contributed by atoms with Gasteiger partial charge in [0.05, 0.1) is 24.5 Å². The highest BCUT2D eigenvalue weighted by atomic mass is 16.6. The van der Waals surface area contributed by atoms with Gasteiger partial charge >= 0.3 is 0 Å². The van der Waals surface area contributed by atoms with Gasteiger partial charge in [0.1, 0.15) is 5.75 Å². The Morgan fingerprint density at radius 2 is 1.96 bits per heavy atom. The summed E-state index contributed by atoms with van der Waals surface area (Å²) in [6, 6.07) is 14.2. The number of nitro benzene ring substituents is 1. The quantitative estimate of drug-likeness (QED) is 0.617. The van der Waals surface area contributed by atoms with Crippen LogP contribution in [0.3, 0.4) is 0 Å². The molecule has 1 aliphatic rings. The Morgan fingerprint density at radius 1 is 1.24 bits per heavy atom. The normalized spacial score (nSPS) is 16.7. The van der Waals surface area contributed by atoms with Crippen molar-refractivity contribution in [3.63, 3.8) is 0 Å². The lowest BCUT2D eigenvalue weighted by Crippen LogP contribution is -2.32. The minimum Gasteiger partial charge on any atom is -0.497 e. The van der Waals surface area contributed by atoms with Gasteiger partial charge in [-0.05, 0) is 30.5 Å². The van der Waals surface area contributed by atoms with Crippen LogP contribution in [0.25, 0.3) is 0 Å². The number of nitrogens with zero attached hydrogens (tertiary/aromatic N) is 2. The van der Waals surface area contributed by atoms with Crippen molar-refractivity contribution in [3.8, 4) is 5.75 Å². The molecule has 6 nitrogen and oxygen atoms in total. The second-order valence-electron chi connectivity index (χ2n) is 6.08. The number of para-hydroxylation sites is 1. The molecular weight excluding hydrogens is 320 g/mol. The summed E-state index contributed by atoms with van der Waals surface area (Å²) in [4.78, 5) is 25.3. The van der Waals surface area contributed by atoms with E-state index in [2.05, 4.69) is 0 Å². The predicted molar refractivity (Wildman–Crippen MR) is 93.5 cm³/mol. The summed E-state index contributed by atoms with van der Waals surface area (Å²) in [5.41, 5.74) is 1.52. The Morgan fingerprint density at radius 3 is 2.64 bits per heavy atom. The van der Waals surface area contributed by atoms with Crippen LogP contribution < -0.4 is 4.74 Å². The number of hydrogen-bond acceptors (Lipinski definition) is 4. The van der Waals surface area contributed by atoms with E-state index in [0.29, 0.717) is 12.1 Å². The van der Waals surface area contributed by atoms with Crippen molar-refractivity contribution in [3.05, 3.63) is 69.8 Å². The molecule has 1 atom stereocenters. The van der Waals surface area contributed by atoms with E-state index in [-0.39, 0.29) is 24.1 Å². The summed E-state index contributed by atoms with van der Waals surface area (Å²) in [5.74, 6) is 0.701. The zero-order valence-electron chi connectivity index (χ0n) is 14.1. The van der Waals surface area contributed by atoms with Crippen LogP contribution in [-0.2, 0) is 11.2 Å². The first-order chi connectivity index (χ1) is 12.1. The molecule has 1 amide bonds. The van der Waals surface area contributed by atoms with Crippen molar-refractivity contribution in [2.24, 2.45) is 0 Å². The van der Waals surface area contributed by atoms with Crippen LogP contribution in [-0.4, -0.2) is 29.4 Å². The lowest BCUT2D eigenvalue weighted by atomic mass is 10.0. The van der Waals surface area contributed by atoms with Crippen LogP contribution in [0.5, 0.6) is 5.75 Å². The highest BCUT2D eigenvalue weighted by molar-refractivity contribution is 5.80. The highest BCUT2D eigenvalue weighted by Gasteiger charge is 2.30. The summed E-state index contributed by atoms with van der Waals surface area (Å²) in [5, 5.41) is 11.1. The molecule has 0 aliphatic carbocycles. The maximum Gasteiger partial charge on any atom is 0.273 e. The van der Waals surface area contributed by atoms with Crippen LogP contribution in [0.2, 0.25) is 0 Å². The van der Waals surface area contributed by atoms with E-state index in [1.807, 2.05) is 29.2 Å². The number of amides is 1. The molecule has 1 heterocycles. The van der Waals surface area contributed by atoms with Gasteiger partial charge in [-0.15, -0.1) is 0 Å². The zero-order chi connectivity index (χ0) is 17.8. The van der Waals surface area contributed by atoms with Gasteiger partial charge in [0, 0.05) is 18.2 Å². The molecule has 0 unspecified atom stereocenters. The van der Waals surface area contributed by atoms with Gasteiger partial charge in [-0.2, -0.15) is 0 Å². The van der Waals surface area contributed by atoms with Crippen molar-refractivity contribution < 1.29 is 14.5 Å². The van der Waals surface area contributed by atoms with Crippen molar-refractivity contribution in [1.29, 1.82) is 0 Å². The second-order valence-corrected chi connectivity index (χ2v) is 6.08. The molecule has 2 aromatic rings. The van der Waals surface area contributed by atoms with Crippen LogP contribution in [0, 0.1) is 10.1 Å². The van der Waals surface area contributed by atoms with Gasteiger partial charge in [0.2, 0.25) is 5.91 Å². The standard InChI is InChI=1S/C19H20N2O4/c1-25-16-10-8-14(9-11-16)17-7-4-12-20(17)19(22)13-15-5-2-3-6-18(15)21(23)24/h2-3,5-6,8-11,17H,4,7,12-13H2,1H3/t17-/m1/s1. The smallest absolute Gasteiger partial charge is 0.273 e. The molecule has 130 valence electrons. The Kier molecular flexibility index (Phi) is 4.97. The van der Waals surface area contributed by atoms with E-state index in [4.69, 9.17) is 4.74 Å². The fourth-order valence-electron chi connectivity index (χ4n) is 3.34. The minimum absolute atomic E-state index is 0.00366. The zero-order valence-corrected chi connectivity index (χ0v) is 14.1. The van der Waals surface area contributed by atoms with Gasteiger partial charge in [0.15, 0.2) is 0 Å². The van der Waals surface area contributed by atoms with Crippen molar-refractivity contribution in [2.75, 3.05) is 13.7 Å². The fourth-order valence-corrected chi connectivity index (χ4v) is 3.34. The monoisotopic (exact) mass is 340 g/mol. The predicted octanol–water partition coefficient (Wildman–Crippen LogP) is 3.51. The van der Waals surface area contributed by atoms with Crippen LogP contribution in [0.4, 0.5) is 5.69 Å². The van der Waals surface area contributed by atoms with E-state index in [1.165, 1.54) is 6.07 Å². The van der Waals surface area contributed by atoms with Crippen LogP contribution in [0.1, 0.15) is 30.0 Å². The highest BCUT2D eigenvalue weighted by Crippen LogP contribution is 2.33. The molecule has 0 radical (unpaired) electrons. The van der Waals surface area contributed by atoms with Gasteiger partial charge in [-0.3, -0.25) is 14.9 Å². The molecule has 1 aliphatic heterocycles. The minimum atomic E-state index is -0.437. The third kappa shape index (κ3) is 3.63. The number of nitro groups is 1. The van der Waals surface area contributed by atoms with Crippen molar-refractivity contribution in [1.82, 2.24) is 4.90 Å². The molecule has 0 N–H and O–H groups in total. The van der Waals surface area contributed by atoms with E-state index in [0.717, 1.165) is 24.2 Å². The number of carbonyl (C=O) groups excluding carboxylic acids is 1. The number of methoxy groups -OCH3 is 1. The fraction of sp³-hybridized carbons (Fsp3) is 0.316. The van der Waals surface area contributed by atoms with Gasteiger partial charge in [-0.1, -0.05) is 30.3 Å². The number of hydrogen-bond donors (Lipinski definition) is 0. The first kappa shape index (κ1) is 17.0. The maximum atomic E-state index is 12.8. The van der Waals surface area contributed by atoms with Crippen LogP contribution >= 0.6 is 0 Å². The number of ether oxygens (including phenoxy) is 1. The summed E-state index contributed by atoms with van der Waals surface area (Å²) in [6.07, 6.45) is 1.87. The summed E-state index contributed by atoms with van der Waals surface area (Å²) < 4.78 is 5.18. The lowest BCUT2D eigenvalue weighted by Gasteiger charge is -2.25. The number of carbonyl (C=O) groups is 1. The molecule has 1 fully saturated rings. The number of rotatable bonds is 5. The largest absolute Gasteiger partial charge is 0.497 e. The molecule has 1 saturated heterocycles. The maximum absolute atomic E-state index is 12.8. The molecule has 0 saturated carbocycles. The molecule has 2 aromatic carbocycles. The van der Waals surface area contributed by atoms with Crippen molar-refractivity contribution in [2.45, 2.75) is 25.3 Å². The molecule has 0 bridgehead atoms. The van der Waals surface area contributed by atoms with Gasteiger partial charge in [-0.25, -0.2) is 0 Å². The van der Waals surface area contributed by atoms with Gasteiger partial charge in [0.25, 0.3) is 5.69 Å². The third-order valence-corrected chi connectivity index (χ3v) is 4.60.